The molecule has 0 heterocycles. The van der Waals surface area contributed by atoms with Gasteiger partial charge in [0.05, 0.1) is 17.2 Å². The SMILES string of the molecule is Cc1cc(C#N)ccc1N[C@H](C)C1CC[C@H]2[C@@H]3CC[C@@H]4C[C@](C)(O)CC[C@@H]4[C@H]3CC[C@]12C. The van der Waals surface area contributed by atoms with Crippen molar-refractivity contribution in [3.05, 3.63) is 29.3 Å². The third kappa shape index (κ3) is 3.67. The molecule has 3 heteroatoms. The van der Waals surface area contributed by atoms with Gasteiger partial charge in [-0.1, -0.05) is 6.92 Å². The molecule has 4 aliphatic rings. The van der Waals surface area contributed by atoms with Crippen LogP contribution in [0.3, 0.4) is 0 Å². The number of aryl methyl sites for hydroxylation is 1. The van der Waals surface area contributed by atoms with E-state index in [1.54, 1.807) is 0 Å². The molecule has 4 fully saturated rings. The van der Waals surface area contributed by atoms with Crippen LogP contribution in [0.2, 0.25) is 0 Å². The number of hydrogen-bond acceptors (Lipinski definition) is 3. The number of fused-ring (bicyclic) bond motifs is 5. The van der Waals surface area contributed by atoms with Gasteiger partial charge >= 0.3 is 0 Å². The first-order valence-corrected chi connectivity index (χ1v) is 13.2. The fourth-order valence-electron chi connectivity index (χ4n) is 9.18. The minimum Gasteiger partial charge on any atom is -0.390 e. The summed E-state index contributed by atoms with van der Waals surface area (Å²) in [7, 11) is 0. The number of aliphatic hydroxyl groups is 1. The molecule has 2 N–H and O–H groups in total. The fraction of sp³-hybridized carbons (Fsp3) is 0.759. The second-order valence-electron chi connectivity index (χ2n) is 12.5. The zero-order valence-electron chi connectivity index (χ0n) is 20.5. The van der Waals surface area contributed by atoms with E-state index in [2.05, 4.69) is 45.1 Å². The molecule has 1 unspecified atom stereocenters. The predicted molar refractivity (Wildman–Crippen MR) is 130 cm³/mol. The van der Waals surface area contributed by atoms with E-state index in [4.69, 9.17) is 0 Å². The van der Waals surface area contributed by atoms with Crippen molar-refractivity contribution < 1.29 is 5.11 Å². The van der Waals surface area contributed by atoms with Crippen LogP contribution in [-0.4, -0.2) is 16.7 Å². The summed E-state index contributed by atoms with van der Waals surface area (Å²) in [4.78, 5) is 0. The first kappa shape index (κ1) is 22.3. The van der Waals surface area contributed by atoms with Crippen molar-refractivity contribution in [1.82, 2.24) is 0 Å². The summed E-state index contributed by atoms with van der Waals surface area (Å²) in [6.07, 6.45) is 11.6. The van der Waals surface area contributed by atoms with Gasteiger partial charge in [0, 0.05) is 11.7 Å². The first-order valence-electron chi connectivity index (χ1n) is 13.2. The molecule has 1 aromatic rings. The highest BCUT2D eigenvalue weighted by Gasteiger charge is 2.58. The molecule has 0 bridgehead atoms. The van der Waals surface area contributed by atoms with E-state index >= 15 is 0 Å². The molecule has 0 aromatic heterocycles. The van der Waals surface area contributed by atoms with E-state index in [9.17, 15) is 10.4 Å². The largest absolute Gasteiger partial charge is 0.390 e. The summed E-state index contributed by atoms with van der Waals surface area (Å²) >= 11 is 0. The molecular formula is C29H42N2O. The Labute approximate surface area is 195 Å². The molecule has 0 spiro atoms. The Morgan fingerprint density at radius 1 is 1.03 bits per heavy atom. The van der Waals surface area contributed by atoms with Crippen LogP contribution in [0.15, 0.2) is 18.2 Å². The van der Waals surface area contributed by atoms with Crippen molar-refractivity contribution in [1.29, 1.82) is 5.26 Å². The van der Waals surface area contributed by atoms with Crippen LogP contribution < -0.4 is 5.32 Å². The van der Waals surface area contributed by atoms with Gasteiger partial charge in [0.25, 0.3) is 0 Å². The van der Waals surface area contributed by atoms with Crippen molar-refractivity contribution in [2.24, 2.45) is 40.9 Å². The second kappa shape index (κ2) is 8.05. The lowest BCUT2D eigenvalue weighted by molar-refractivity contribution is -0.100. The van der Waals surface area contributed by atoms with Gasteiger partial charge in [-0.25, -0.2) is 0 Å². The number of nitrogens with zero attached hydrogens (tertiary/aromatic N) is 1. The molecule has 0 saturated heterocycles. The Kier molecular flexibility index (Phi) is 5.60. The third-order valence-corrected chi connectivity index (χ3v) is 10.7. The predicted octanol–water partition coefficient (Wildman–Crippen LogP) is 6.69. The minimum atomic E-state index is -0.416. The number of hydrogen-bond donors (Lipinski definition) is 2. The summed E-state index contributed by atoms with van der Waals surface area (Å²) in [5.74, 6) is 5.04. The van der Waals surface area contributed by atoms with Gasteiger partial charge in [-0.3, -0.25) is 0 Å². The van der Waals surface area contributed by atoms with E-state index in [0.717, 1.165) is 48.0 Å². The second-order valence-corrected chi connectivity index (χ2v) is 12.5. The van der Waals surface area contributed by atoms with Crippen LogP contribution in [-0.2, 0) is 0 Å². The lowest BCUT2D eigenvalue weighted by Crippen LogP contribution is -2.51. The van der Waals surface area contributed by atoms with Crippen molar-refractivity contribution in [3.63, 3.8) is 0 Å². The first-order chi connectivity index (χ1) is 15.2. The lowest BCUT2D eigenvalue weighted by atomic mass is 9.49. The zero-order valence-corrected chi connectivity index (χ0v) is 20.5. The standard InChI is InChI=1S/C29H42N2O/c1-18-15-20(17-30)5-10-27(18)31-19(2)25-8-9-26-24-7-6-21-16-28(3,32)13-11-22(21)23(24)12-14-29(25,26)4/h5,10,15,19,21-26,31-32H,6-9,11-14,16H2,1-4H3/t19-,21-,22+,23-,24-,25?,26+,28-,29-/m1/s1. The minimum absolute atomic E-state index is 0.416. The van der Waals surface area contributed by atoms with Gasteiger partial charge in [-0.05, 0) is 143 Å². The summed E-state index contributed by atoms with van der Waals surface area (Å²) in [6.45, 7) is 9.19. The maximum Gasteiger partial charge on any atom is 0.0991 e. The fourth-order valence-corrected chi connectivity index (χ4v) is 9.18. The van der Waals surface area contributed by atoms with Crippen LogP contribution in [0.4, 0.5) is 5.69 Å². The van der Waals surface area contributed by atoms with Crippen LogP contribution >= 0.6 is 0 Å². The summed E-state index contributed by atoms with van der Waals surface area (Å²) in [5, 5.41) is 23.7. The van der Waals surface area contributed by atoms with Gasteiger partial charge in [-0.15, -0.1) is 0 Å². The Morgan fingerprint density at radius 2 is 1.81 bits per heavy atom. The average Bonchev–Trinajstić information content (AvgIpc) is 3.11. The van der Waals surface area contributed by atoms with Gasteiger partial charge in [0.1, 0.15) is 0 Å². The van der Waals surface area contributed by atoms with Gasteiger partial charge < -0.3 is 10.4 Å². The number of nitrogens with one attached hydrogen (secondary N) is 1. The smallest absolute Gasteiger partial charge is 0.0991 e. The highest BCUT2D eigenvalue weighted by atomic mass is 16.3. The van der Waals surface area contributed by atoms with Gasteiger partial charge in [0.2, 0.25) is 0 Å². The highest BCUT2D eigenvalue weighted by Crippen LogP contribution is 2.65. The summed E-state index contributed by atoms with van der Waals surface area (Å²) in [5.41, 5.74) is 3.13. The van der Waals surface area contributed by atoms with E-state index in [1.807, 2.05) is 12.1 Å². The monoisotopic (exact) mass is 434 g/mol. The summed E-state index contributed by atoms with van der Waals surface area (Å²) < 4.78 is 0. The maximum atomic E-state index is 10.6. The maximum absolute atomic E-state index is 10.6. The molecule has 0 aliphatic heterocycles. The van der Waals surface area contributed by atoms with Gasteiger partial charge in [0.15, 0.2) is 0 Å². The van der Waals surface area contributed by atoms with Crippen molar-refractivity contribution in [2.45, 2.75) is 97.1 Å². The molecule has 0 amide bonds. The quantitative estimate of drug-likeness (QED) is 0.557. The van der Waals surface area contributed by atoms with Crippen molar-refractivity contribution in [2.75, 3.05) is 5.32 Å². The normalized spacial score (nSPS) is 44.0. The third-order valence-electron chi connectivity index (χ3n) is 10.7. The molecular weight excluding hydrogens is 392 g/mol. The van der Waals surface area contributed by atoms with Crippen molar-refractivity contribution >= 4 is 5.69 Å². The van der Waals surface area contributed by atoms with E-state index in [1.165, 1.54) is 56.2 Å². The van der Waals surface area contributed by atoms with E-state index < -0.39 is 5.60 Å². The number of anilines is 1. The zero-order chi connectivity index (χ0) is 22.7. The average molecular weight is 435 g/mol. The van der Waals surface area contributed by atoms with Crippen LogP contribution in [0.25, 0.3) is 0 Å². The molecule has 174 valence electrons. The Bertz CT molecular complexity index is 901. The lowest BCUT2D eigenvalue weighted by Gasteiger charge is -2.57. The summed E-state index contributed by atoms with van der Waals surface area (Å²) in [6, 6.07) is 8.74. The molecule has 5 rings (SSSR count). The van der Waals surface area contributed by atoms with E-state index in [-0.39, 0.29) is 0 Å². The van der Waals surface area contributed by atoms with Crippen LogP contribution in [0.5, 0.6) is 0 Å². The number of rotatable bonds is 3. The molecule has 4 aliphatic carbocycles. The number of benzene rings is 1. The molecule has 3 nitrogen and oxygen atoms in total. The molecule has 9 atom stereocenters. The van der Waals surface area contributed by atoms with Crippen LogP contribution in [0, 0.1) is 59.2 Å². The Morgan fingerprint density at radius 3 is 2.56 bits per heavy atom. The topological polar surface area (TPSA) is 56.0 Å². The van der Waals surface area contributed by atoms with E-state index in [0.29, 0.717) is 17.4 Å². The van der Waals surface area contributed by atoms with Crippen molar-refractivity contribution in [3.8, 4) is 6.07 Å². The Hall–Kier alpha value is -1.53. The highest BCUT2D eigenvalue weighted by molar-refractivity contribution is 5.54. The number of nitriles is 1. The Balaban J connectivity index is 1.30. The van der Waals surface area contributed by atoms with Crippen LogP contribution in [0.1, 0.15) is 89.7 Å². The molecule has 0 radical (unpaired) electrons. The molecule has 32 heavy (non-hydrogen) atoms. The molecule has 1 aromatic carbocycles. The molecule has 4 saturated carbocycles. The van der Waals surface area contributed by atoms with Gasteiger partial charge in [-0.2, -0.15) is 5.26 Å².